The van der Waals surface area contributed by atoms with Gasteiger partial charge in [0.05, 0.1) is 12.2 Å². The van der Waals surface area contributed by atoms with Crippen molar-refractivity contribution in [3.05, 3.63) is 65.7 Å². The Bertz CT molecular complexity index is 1130. The minimum absolute atomic E-state index is 0.00759. The molecule has 3 aliphatic rings. The molecule has 38 heavy (non-hydrogen) atoms. The molecule has 1 N–H and O–H groups in total. The highest BCUT2D eigenvalue weighted by atomic mass is 16.5. The molecule has 2 amide bonds. The summed E-state index contributed by atoms with van der Waals surface area (Å²) in [6.07, 6.45) is 1.83. The van der Waals surface area contributed by atoms with Crippen LogP contribution >= 0.6 is 0 Å². The lowest BCUT2D eigenvalue weighted by molar-refractivity contribution is -0.189. The first kappa shape index (κ1) is 26.5. The zero-order valence-electron chi connectivity index (χ0n) is 22.9. The number of carbonyl (C=O) groups is 2. The van der Waals surface area contributed by atoms with Crippen molar-refractivity contribution in [2.45, 2.75) is 77.4 Å². The third-order valence-electron chi connectivity index (χ3n) is 8.22. The molecule has 0 bridgehead atoms. The molecule has 0 aromatic heterocycles. The van der Waals surface area contributed by atoms with Gasteiger partial charge in [-0.1, -0.05) is 62.4 Å². The molecule has 5 rings (SSSR count). The normalized spacial score (nSPS) is 26.3. The minimum atomic E-state index is -0.617. The molecule has 3 aliphatic heterocycles. The van der Waals surface area contributed by atoms with Crippen LogP contribution in [0.1, 0.15) is 64.2 Å². The van der Waals surface area contributed by atoms with Gasteiger partial charge in [0.1, 0.15) is 24.0 Å². The number of amides is 2. The van der Waals surface area contributed by atoms with Crippen LogP contribution in [-0.4, -0.2) is 47.7 Å². The standard InChI is InChI=1S/C31H40N2O5/c1-20(2)16-25(32-30(35)36-19-21-10-6-5-7-11-21)29(34)33-15-14-26-22(18-33)17-24-28(37-26)23-12-8-9-13-27(23)38-31(24,3)4/h5-13,20,22,24-26,28H,14-19H2,1-4H3,(H,32,35)/t22-,24+,25+,26+,28-/m1/s1. The highest BCUT2D eigenvalue weighted by Crippen LogP contribution is 2.52. The lowest BCUT2D eigenvalue weighted by Gasteiger charge is -2.53. The van der Waals surface area contributed by atoms with E-state index < -0.39 is 12.1 Å². The number of alkyl carbamates (subject to hydrolysis) is 1. The van der Waals surface area contributed by atoms with Gasteiger partial charge in [0, 0.05) is 30.5 Å². The van der Waals surface area contributed by atoms with Crippen molar-refractivity contribution < 1.29 is 23.8 Å². The molecular weight excluding hydrogens is 480 g/mol. The zero-order valence-corrected chi connectivity index (χ0v) is 22.9. The predicted octanol–water partition coefficient (Wildman–Crippen LogP) is 5.49. The Morgan fingerprint density at radius 1 is 1.11 bits per heavy atom. The Morgan fingerprint density at radius 3 is 2.61 bits per heavy atom. The number of hydrogen-bond donors (Lipinski definition) is 1. The highest BCUT2D eigenvalue weighted by Gasteiger charge is 2.51. The van der Waals surface area contributed by atoms with Crippen molar-refractivity contribution in [2.75, 3.05) is 13.1 Å². The third-order valence-corrected chi connectivity index (χ3v) is 8.22. The number of rotatable bonds is 6. The smallest absolute Gasteiger partial charge is 0.408 e. The summed E-state index contributed by atoms with van der Waals surface area (Å²) in [5.74, 6) is 1.54. The van der Waals surface area contributed by atoms with E-state index in [1.165, 1.54) is 0 Å². The van der Waals surface area contributed by atoms with E-state index in [4.69, 9.17) is 14.2 Å². The van der Waals surface area contributed by atoms with Gasteiger partial charge in [0.15, 0.2) is 0 Å². The van der Waals surface area contributed by atoms with E-state index in [1.54, 1.807) is 0 Å². The lowest BCUT2D eigenvalue weighted by atomic mass is 9.70. The molecule has 0 unspecified atom stereocenters. The Labute approximate surface area is 225 Å². The molecular formula is C31H40N2O5. The maximum absolute atomic E-state index is 13.7. The molecule has 204 valence electrons. The van der Waals surface area contributed by atoms with Crippen molar-refractivity contribution >= 4 is 12.0 Å². The predicted molar refractivity (Wildman–Crippen MR) is 145 cm³/mol. The summed E-state index contributed by atoms with van der Waals surface area (Å²) in [5.41, 5.74) is 1.67. The van der Waals surface area contributed by atoms with Gasteiger partial charge in [0.2, 0.25) is 5.91 Å². The van der Waals surface area contributed by atoms with Crippen molar-refractivity contribution in [3.8, 4) is 5.75 Å². The van der Waals surface area contributed by atoms with Crippen molar-refractivity contribution in [3.63, 3.8) is 0 Å². The Morgan fingerprint density at radius 2 is 1.84 bits per heavy atom. The summed E-state index contributed by atoms with van der Waals surface area (Å²) in [6.45, 7) is 9.81. The van der Waals surface area contributed by atoms with Crippen molar-refractivity contribution in [1.29, 1.82) is 0 Å². The first-order valence-corrected chi connectivity index (χ1v) is 13.9. The lowest BCUT2D eigenvalue weighted by Crippen LogP contribution is -2.58. The van der Waals surface area contributed by atoms with Crippen LogP contribution in [0.15, 0.2) is 54.6 Å². The molecule has 0 spiro atoms. The molecule has 7 heteroatoms. The van der Waals surface area contributed by atoms with Crippen LogP contribution in [0, 0.1) is 17.8 Å². The van der Waals surface area contributed by atoms with Crippen molar-refractivity contribution in [2.24, 2.45) is 17.8 Å². The summed E-state index contributed by atoms with van der Waals surface area (Å²) in [4.78, 5) is 28.2. The van der Waals surface area contributed by atoms with Gasteiger partial charge < -0.3 is 24.4 Å². The quantitative estimate of drug-likeness (QED) is 0.545. The van der Waals surface area contributed by atoms with E-state index in [0.717, 1.165) is 29.7 Å². The number of nitrogens with one attached hydrogen (secondary N) is 1. The second kappa shape index (κ2) is 11.0. The molecule has 0 saturated carbocycles. The van der Waals surface area contributed by atoms with Gasteiger partial charge >= 0.3 is 6.09 Å². The number of benzene rings is 2. The topological polar surface area (TPSA) is 77.1 Å². The summed E-state index contributed by atoms with van der Waals surface area (Å²) < 4.78 is 18.6. The van der Waals surface area contributed by atoms with E-state index >= 15 is 0 Å². The van der Waals surface area contributed by atoms with Crippen LogP contribution in [0.25, 0.3) is 0 Å². The van der Waals surface area contributed by atoms with E-state index in [2.05, 4.69) is 39.1 Å². The van der Waals surface area contributed by atoms with E-state index in [-0.39, 0.29) is 48.1 Å². The van der Waals surface area contributed by atoms with Crippen LogP contribution < -0.4 is 10.1 Å². The summed E-state index contributed by atoms with van der Waals surface area (Å²) in [7, 11) is 0. The van der Waals surface area contributed by atoms with Gasteiger partial charge in [0.25, 0.3) is 0 Å². The average Bonchev–Trinajstić information content (AvgIpc) is 2.90. The molecule has 7 nitrogen and oxygen atoms in total. The summed E-state index contributed by atoms with van der Waals surface area (Å²) >= 11 is 0. The fourth-order valence-corrected chi connectivity index (χ4v) is 6.28. The summed E-state index contributed by atoms with van der Waals surface area (Å²) in [6, 6.07) is 17.1. The van der Waals surface area contributed by atoms with Crippen LogP contribution in [0.3, 0.4) is 0 Å². The Kier molecular flexibility index (Phi) is 7.66. The summed E-state index contributed by atoms with van der Waals surface area (Å²) in [5, 5.41) is 2.85. The molecule has 0 radical (unpaired) electrons. The fourth-order valence-electron chi connectivity index (χ4n) is 6.28. The molecule has 2 saturated heterocycles. The first-order valence-electron chi connectivity index (χ1n) is 13.9. The van der Waals surface area contributed by atoms with Gasteiger partial charge in [-0.15, -0.1) is 0 Å². The van der Waals surface area contributed by atoms with Crippen LogP contribution in [0.4, 0.5) is 4.79 Å². The van der Waals surface area contributed by atoms with Crippen LogP contribution in [0.2, 0.25) is 0 Å². The van der Waals surface area contributed by atoms with Gasteiger partial charge in [-0.3, -0.25) is 4.79 Å². The van der Waals surface area contributed by atoms with Crippen LogP contribution in [-0.2, 0) is 20.9 Å². The SMILES string of the molecule is CC(C)C[C@H](NC(=O)OCc1ccccc1)C(=O)N1CC[C@@H]2O[C@@H]3c4ccccc4OC(C)(C)[C@H]3C[C@@H]2C1. The highest BCUT2D eigenvalue weighted by molar-refractivity contribution is 5.85. The number of fused-ring (bicyclic) bond motifs is 4. The molecule has 2 fully saturated rings. The molecule has 2 aromatic carbocycles. The number of carbonyl (C=O) groups excluding carboxylic acids is 2. The average molecular weight is 521 g/mol. The second-order valence-electron chi connectivity index (χ2n) is 11.9. The molecule has 3 heterocycles. The Hall–Kier alpha value is -3.06. The molecule has 2 aromatic rings. The van der Waals surface area contributed by atoms with E-state index in [0.29, 0.717) is 19.5 Å². The second-order valence-corrected chi connectivity index (χ2v) is 11.9. The van der Waals surface area contributed by atoms with Crippen molar-refractivity contribution in [1.82, 2.24) is 10.2 Å². The maximum Gasteiger partial charge on any atom is 0.408 e. The van der Waals surface area contributed by atoms with Gasteiger partial charge in [-0.05, 0) is 50.7 Å². The first-order chi connectivity index (χ1) is 18.2. The monoisotopic (exact) mass is 520 g/mol. The zero-order chi connectivity index (χ0) is 26.9. The number of nitrogens with zero attached hydrogens (tertiary/aromatic N) is 1. The van der Waals surface area contributed by atoms with Gasteiger partial charge in [-0.2, -0.15) is 0 Å². The number of hydrogen-bond acceptors (Lipinski definition) is 5. The number of ether oxygens (including phenoxy) is 3. The van der Waals surface area contributed by atoms with E-state index in [9.17, 15) is 9.59 Å². The molecule has 5 atom stereocenters. The third kappa shape index (κ3) is 5.68. The Balaban J connectivity index is 1.24. The minimum Gasteiger partial charge on any atom is -0.487 e. The van der Waals surface area contributed by atoms with Crippen LogP contribution in [0.5, 0.6) is 5.75 Å². The number of para-hydroxylation sites is 1. The van der Waals surface area contributed by atoms with Gasteiger partial charge in [-0.25, -0.2) is 4.79 Å². The maximum atomic E-state index is 13.7. The number of piperidine rings is 1. The largest absolute Gasteiger partial charge is 0.487 e. The van der Waals surface area contributed by atoms with E-state index in [1.807, 2.05) is 53.4 Å². The molecule has 0 aliphatic carbocycles. The number of likely N-dealkylation sites (tertiary alicyclic amines) is 1. The fraction of sp³-hybridized carbons (Fsp3) is 0.548.